The number of benzene rings is 1. The molecule has 1 aliphatic rings. The number of carbonyl (C=O) groups is 1. The number of hydrogen-bond acceptors (Lipinski definition) is 5. The fourth-order valence-electron chi connectivity index (χ4n) is 2.43. The molecule has 0 bridgehead atoms. The summed E-state index contributed by atoms with van der Waals surface area (Å²) >= 11 is 8.54. The van der Waals surface area contributed by atoms with E-state index in [-0.39, 0.29) is 11.2 Å². The minimum Gasteiger partial charge on any atom is -0.369 e. The number of carbonyl (C=O) groups excluding carboxylic acids is 1. The second-order valence-electron chi connectivity index (χ2n) is 5.72. The zero-order valence-electron chi connectivity index (χ0n) is 13.0. The van der Waals surface area contributed by atoms with Crippen molar-refractivity contribution in [2.75, 3.05) is 50.4 Å². The molecule has 1 unspecified atom stereocenters. The molecule has 0 saturated carbocycles. The van der Waals surface area contributed by atoms with Crippen molar-refractivity contribution in [1.82, 2.24) is 10.2 Å². The molecule has 0 aliphatic carbocycles. The van der Waals surface area contributed by atoms with Gasteiger partial charge in [-0.05, 0) is 37.7 Å². The lowest BCUT2D eigenvalue weighted by molar-refractivity contribution is 0.0953. The Bertz CT molecular complexity index is 473. The first-order valence-electron chi connectivity index (χ1n) is 7.71. The van der Waals surface area contributed by atoms with E-state index in [0.29, 0.717) is 12.1 Å². The van der Waals surface area contributed by atoms with Crippen molar-refractivity contribution in [3.05, 3.63) is 29.8 Å². The molecular formula is C16H25N3OS2. The number of rotatable bonds is 6. The van der Waals surface area contributed by atoms with E-state index in [1.54, 1.807) is 0 Å². The van der Waals surface area contributed by atoms with Gasteiger partial charge in [0.15, 0.2) is 0 Å². The summed E-state index contributed by atoms with van der Waals surface area (Å²) in [5.41, 5.74) is 1.90. The van der Waals surface area contributed by atoms with Crippen LogP contribution in [0.1, 0.15) is 16.8 Å². The predicted molar refractivity (Wildman–Crippen MR) is 99.7 cm³/mol. The molecule has 22 heavy (non-hydrogen) atoms. The Morgan fingerprint density at radius 2 is 1.86 bits per heavy atom. The van der Waals surface area contributed by atoms with Gasteiger partial charge in [-0.15, -0.1) is 0 Å². The van der Waals surface area contributed by atoms with Crippen molar-refractivity contribution in [2.24, 2.45) is 0 Å². The van der Waals surface area contributed by atoms with Gasteiger partial charge in [0.1, 0.15) is 0 Å². The monoisotopic (exact) mass is 339 g/mol. The van der Waals surface area contributed by atoms with Gasteiger partial charge in [0, 0.05) is 55.0 Å². The number of nitrogens with zero attached hydrogens (tertiary/aromatic N) is 2. The fourth-order valence-corrected chi connectivity index (χ4v) is 2.75. The second kappa shape index (κ2) is 8.70. The average Bonchev–Trinajstić information content (AvgIpc) is 2.55. The highest BCUT2D eigenvalue weighted by Gasteiger charge is 2.14. The van der Waals surface area contributed by atoms with Crippen LogP contribution in [0, 0.1) is 0 Å². The largest absolute Gasteiger partial charge is 0.369 e. The van der Waals surface area contributed by atoms with E-state index in [1.165, 1.54) is 5.69 Å². The number of anilines is 1. The van der Waals surface area contributed by atoms with E-state index >= 15 is 0 Å². The van der Waals surface area contributed by atoms with Crippen molar-refractivity contribution in [3.8, 4) is 0 Å². The third-order valence-electron chi connectivity index (χ3n) is 3.97. The van der Waals surface area contributed by atoms with E-state index in [4.69, 9.17) is 0 Å². The van der Waals surface area contributed by atoms with Crippen molar-refractivity contribution in [1.29, 1.82) is 0 Å². The number of nitrogens with one attached hydrogen (secondary N) is 1. The Morgan fingerprint density at radius 1 is 1.23 bits per heavy atom. The highest BCUT2D eigenvalue weighted by atomic mass is 32.1. The van der Waals surface area contributed by atoms with Gasteiger partial charge in [-0.25, -0.2) is 0 Å². The molecule has 2 rings (SSSR count). The van der Waals surface area contributed by atoms with Crippen LogP contribution in [0.5, 0.6) is 0 Å². The van der Waals surface area contributed by atoms with Crippen LogP contribution in [-0.4, -0.2) is 61.6 Å². The third kappa shape index (κ3) is 5.11. The van der Waals surface area contributed by atoms with Crippen LogP contribution in [0.2, 0.25) is 0 Å². The number of piperazine rings is 1. The van der Waals surface area contributed by atoms with E-state index in [9.17, 15) is 4.79 Å². The molecule has 0 aromatic heterocycles. The first-order chi connectivity index (χ1) is 10.6. The van der Waals surface area contributed by atoms with Crippen LogP contribution in [0.4, 0.5) is 5.69 Å². The number of hydrogen-bond donors (Lipinski definition) is 3. The van der Waals surface area contributed by atoms with Crippen LogP contribution in [0.3, 0.4) is 0 Å². The summed E-state index contributed by atoms with van der Waals surface area (Å²) in [6, 6.07) is 7.88. The van der Waals surface area contributed by atoms with Crippen molar-refractivity contribution >= 4 is 36.9 Å². The summed E-state index contributed by atoms with van der Waals surface area (Å²) in [5.74, 6) is 0.697. The Morgan fingerprint density at radius 3 is 2.45 bits per heavy atom. The SMILES string of the molecule is CN1CCN(c2ccc(C(=O)NCCC(S)CS)cc2)CC1. The zero-order valence-corrected chi connectivity index (χ0v) is 14.8. The van der Waals surface area contributed by atoms with Gasteiger partial charge in [-0.3, -0.25) is 4.79 Å². The van der Waals surface area contributed by atoms with Gasteiger partial charge in [0.05, 0.1) is 0 Å². The third-order valence-corrected chi connectivity index (χ3v) is 5.14. The van der Waals surface area contributed by atoms with Crippen LogP contribution in [0.15, 0.2) is 24.3 Å². The quantitative estimate of drug-likeness (QED) is 0.692. The number of thiol groups is 2. The summed E-state index contributed by atoms with van der Waals surface area (Å²) in [4.78, 5) is 16.8. The molecule has 1 heterocycles. The first kappa shape index (κ1) is 17.5. The minimum absolute atomic E-state index is 0.0235. The van der Waals surface area contributed by atoms with Crippen LogP contribution in [0.25, 0.3) is 0 Å². The summed E-state index contributed by atoms with van der Waals surface area (Å²) in [6.45, 7) is 4.87. The van der Waals surface area contributed by atoms with Gasteiger partial charge >= 0.3 is 0 Å². The smallest absolute Gasteiger partial charge is 0.251 e. The lowest BCUT2D eigenvalue weighted by atomic mass is 10.1. The van der Waals surface area contributed by atoms with Gasteiger partial charge < -0.3 is 15.1 Å². The Hall–Kier alpha value is -0.850. The van der Waals surface area contributed by atoms with E-state index in [0.717, 1.165) is 38.4 Å². The molecule has 1 atom stereocenters. The predicted octanol–water partition coefficient (Wildman–Crippen LogP) is 1.79. The maximum absolute atomic E-state index is 12.1. The average molecular weight is 340 g/mol. The normalized spacial score (nSPS) is 17.3. The molecule has 1 N–H and O–H groups in total. The van der Waals surface area contributed by atoms with E-state index in [1.807, 2.05) is 24.3 Å². The molecule has 122 valence electrons. The van der Waals surface area contributed by atoms with Crippen molar-refractivity contribution in [3.63, 3.8) is 0 Å². The number of amides is 1. The minimum atomic E-state index is -0.0235. The van der Waals surface area contributed by atoms with E-state index in [2.05, 4.69) is 47.4 Å². The molecule has 1 saturated heterocycles. The molecule has 1 fully saturated rings. The van der Waals surface area contributed by atoms with Gasteiger partial charge in [-0.1, -0.05) is 0 Å². The molecular weight excluding hydrogens is 314 g/mol. The molecule has 1 aliphatic heterocycles. The Labute approximate surface area is 144 Å². The first-order valence-corrected chi connectivity index (χ1v) is 8.85. The van der Waals surface area contributed by atoms with Crippen molar-refractivity contribution < 1.29 is 4.79 Å². The standard InChI is InChI=1S/C16H25N3OS2/c1-18-8-10-19(11-9-18)14-4-2-13(3-5-14)16(20)17-7-6-15(22)12-21/h2-5,15,21-22H,6-12H2,1H3,(H,17,20). The summed E-state index contributed by atoms with van der Waals surface area (Å²) in [7, 11) is 2.15. The summed E-state index contributed by atoms with van der Waals surface area (Å²) in [6.07, 6.45) is 0.831. The Balaban J connectivity index is 1.84. The molecule has 4 nitrogen and oxygen atoms in total. The molecule has 0 spiro atoms. The topological polar surface area (TPSA) is 35.6 Å². The van der Waals surface area contributed by atoms with Gasteiger partial charge in [-0.2, -0.15) is 25.3 Å². The fraction of sp³-hybridized carbons (Fsp3) is 0.562. The second-order valence-corrected chi connectivity index (χ2v) is 6.81. The molecule has 1 amide bonds. The number of likely N-dealkylation sites (N-methyl/N-ethyl adjacent to an activating group) is 1. The van der Waals surface area contributed by atoms with Gasteiger partial charge in [0.2, 0.25) is 0 Å². The molecule has 6 heteroatoms. The van der Waals surface area contributed by atoms with Crippen LogP contribution in [-0.2, 0) is 0 Å². The summed E-state index contributed by atoms with van der Waals surface area (Å²) in [5, 5.41) is 3.15. The lowest BCUT2D eigenvalue weighted by Gasteiger charge is -2.34. The molecule has 1 aromatic carbocycles. The van der Waals surface area contributed by atoms with Gasteiger partial charge in [0.25, 0.3) is 5.91 Å². The Kier molecular flexibility index (Phi) is 6.92. The molecule has 1 aromatic rings. The highest BCUT2D eigenvalue weighted by Crippen LogP contribution is 2.17. The maximum Gasteiger partial charge on any atom is 0.251 e. The highest BCUT2D eigenvalue weighted by molar-refractivity contribution is 7.84. The lowest BCUT2D eigenvalue weighted by Crippen LogP contribution is -2.44. The molecule has 0 radical (unpaired) electrons. The summed E-state index contributed by atoms with van der Waals surface area (Å²) < 4.78 is 0. The zero-order chi connectivity index (χ0) is 15.9. The van der Waals surface area contributed by atoms with Crippen LogP contribution < -0.4 is 10.2 Å². The van der Waals surface area contributed by atoms with Crippen molar-refractivity contribution in [2.45, 2.75) is 11.7 Å². The van der Waals surface area contributed by atoms with E-state index < -0.39 is 0 Å². The maximum atomic E-state index is 12.1. The van der Waals surface area contributed by atoms with Crippen LogP contribution >= 0.6 is 25.3 Å².